The highest BCUT2D eigenvalue weighted by atomic mass is 28.3. The fraction of sp³-hybridized carbons (Fsp3) is 0.643. The molecule has 1 aliphatic carbocycles. The van der Waals surface area contributed by atoms with Crippen molar-refractivity contribution in [1.29, 1.82) is 0 Å². The van der Waals surface area contributed by atoms with Gasteiger partial charge in [0, 0.05) is 6.42 Å². The van der Waals surface area contributed by atoms with Crippen molar-refractivity contribution in [3.63, 3.8) is 0 Å². The molecule has 96 valence electrons. The Bertz CT molecular complexity index is 365. The summed E-state index contributed by atoms with van der Waals surface area (Å²) < 4.78 is 0. The zero-order valence-electron chi connectivity index (χ0n) is 12.2. The predicted molar refractivity (Wildman–Crippen MR) is 81.7 cm³/mol. The first-order chi connectivity index (χ1) is 7.59. The van der Waals surface area contributed by atoms with E-state index >= 15 is 0 Å². The van der Waals surface area contributed by atoms with Gasteiger partial charge in [0.2, 0.25) is 0 Å². The summed E-state index contributed by atoms with van der Waals surface area (Å²) in [5, 5.41) is 1.49. The third kappa shape index (κ3) is 4.76. The first-order valence-corrected chi connectivity index (χ1v) is 13.6. The minimum atomic E-state index is -1.33. The Morgan fingerprint density at radius 3 is 2.00 bits per heavy atom. The summed E-state index contributed by atoms with van der Waals surface area (Å²) >= 11 is 0. The molecule has 0 aromatic carbocycles. The molecular weight excluding hydrogens is 240 g/mol. The lowest BCUT2D eigenvalue weighted by molar-refractivity contribution is -0.114. The van der Waals surface area contributed by atoms with Crippen LogP contribution in [0.15, 0.2) is 22.5 Å². The number of carbonyl (C=O) groups is 1. The third-order valence-electron chi connectivity index (χ3n) is 2.99. The van der Waals surface area contributed by atoms with E-state index in [2.05, 4.69) is 51.1 Å². The van der Waals surface area contributed by atoms with Gasteiger partial charge in [0.05, 0.1) is 16.1 Å². The lowest BCUT2D eigenvalue weighted by atomic mass is 10.2. The van der Waals surface area contributed by atoms with Crippen LogP contribution in [0.4, 0.5) is 0 Å². The smallest absolute Gasteiger partial charge is 0.158 e. The van der Waals surface area contributed by atoms with Crippen LogP contribution in [0.3, 0.4) is 0 Å². The molecule has 0 aromatic heterocycles. The molecule has 0 radical (unpaired) electrons. The lowest BCUT2D eigenvalue weighted by Gasteiger charge is -2.22. The molecule has 0 saturated heterocycles. The van der Waals surface area contributed by atoms with Crippen LogP contribution in [0.5, 0.6) is 0 Å². The minimum absolute atomic E-state index is 0.379. The lowest BCUT2D eigenvalue weighted by Crippen LogP contribution is -2.28. The normalized spacial score (nSPS) is 21.4. The van der Waals surface area contributed by atoms with Crippen LogP contribution in [0.2, 0.25) is 39.3 Å². The van der Waals surface area contributed by atoms with Crippen molar-refractivity contribution >= 4 is 21.9 Å². The number of hydrogen-bond acceptors (Lipinski definition) is 1. The molecule has 0 amide bonds. The average Bonchev–Trinajstić information content (AvgIpc) is 2.46. The van der Waals surface area contributed by atoms with Gasteiger partial charge in [0.25, 0.3) is 0 Å². The molecule has 0 atom stereocenters. The van der Waals surface area contributed by atoms with Gasteiger partial charge in [-0.15, -0.1) is 0 Å². The summed E-state index contributed by atoms with van der Waals surface area (Å²) in [6, 6.07) is 0. The maximum atomic E-state index is 11.7. The molecule has 0 bridgehead atoms. The van der Waals surface area contributed by atoms with E-state index in [9.17, 15) is 4.79 Å². The molecule has 1 aliphatic rings. The average molecular weight is 267 g/mol. The molecule has 1 fully saturated rings. The molecule has 0 N–H and O–H groups in total. The summed E-state index contributed by atoms with van der Waals surface area (Å²) in [6.07, 6.45) is 5.04. The van der Waals surface area contributed by atoms with Crippen molar-refractivity contribution in [3.8, 4) is 0 Å². The second kappa shape index (κ2) is 5.06. The van der Waals surface area contributed by atoms with Gasteiger partial charge in [0.15, 0.2) is 5.78 Å². The molecule has 1 nitrogen and oxygen atoms in total. The Labute approximate surface area is 108 Å². The first kappa shape index (κ1) is 14.6. The highest BCUT2D eigenvalue weighted by molar-refractivity contribution is 6.88. The van der Waals surface area contributed by atoms with E-state index in [0.717, 1.165) is 24.8 Å². The number of Topliss-reactive ketones (excluding diaryl/α,β-unsaturated/α-hetero) is 1. The summed E-state index contributed by atoms with van der Waals surface area (Å²) in [5.74, 6) is 0.379. The van der Waals surface area contributed by atoms with E-state index < -0.39 is 16.1 Å². The Balaban J connectivity index is 3.10. The summed E-state index contributed by atoms with van der Waals surface area (Å²) in [6.45, 7) is 14.2. The minimum Gasteiger partial charge on any atom is -0.295 e. The van der Waals surface area contributed by atoms with Gasteiger partial charge < -0.3 is 0 Å². The van der Waals surface area contributed by atoms with Crippen molar-refractivity contribution in [2.75, 3.05) is 0 Å². The fourth-order valence-electron chi connectivity index (χ4n) is 2.02. The van der Waals surface area contributed by atoms with Crippen molar-refractivity contribution in [3.05, 3.63) is 22.5 Å². The Morgan fingerprint density at radius 1 is 1.06 bits per heavy atom. The highest BCUT2D eigenvalue weighted by Crippen LogP contribution is 2.26. The second-order valence-corrected chi connectivity index (χ2v) is 17.3. The van der Waals surface area contributed by atoms with Crippen LogP contribution in [0.1, 0.15) is 19.3 Å². The molecule has 3 heteroatoms. The number of hydrogen-bond donors (Lipinski definition) is 0. The van der Waals surface area contributed by atoms with Gasteiger partial charge in [-0.3, -0.25) is 4.79 Å². The molecule has 0 spiro atoms. The molecule has 17 heavy (non-hydrogen) atoms. The van der Waals surface area contributed by atoms with Gasteiger partial charge in [-0.05, 0) is 18.4 Å². The summed E-state index contributed by atoms with van der Waals surface area (Å²) in [5.41, 5.74) is 3.58. The summed E-state index contributed by atoms with van der Waals surface area (Å²) in [4.78, 5) is 11.7. The molecule has 1 saturated carbocycles. The van der Waals surface area contributed by atoms with Gasteiger partial charge in [-0.1, -0.05) is 56.3 Å². The Morgan fingerprint density at radius 2 is 1.65 bits per heavy atom. The number of allylic oxidation sites excluding steroid dienone is 3. The van der Waals surface area contributed by atoms with Crippen molar-refractivity contribution < 1.29 is 4.79 Å². The molecule has 0 aliphatic heterocycles. The van der Waals surface area contributed by atoms with Crippen LogP contribution in [0, 0.1) is 0 Å². The van der Waals surface area contributed by atoms with Gasteiger partial charge in [-0.25, -0.2) is 0 Å². The maximum Gasteiger partial charge on any atom is 0.158 e. The largest absolute Gasteiger partial charge is 0.295 e. The van der Waals surface area contributed by atoms with E-state index in [0.29, 0.717) is 5.78 Å². The summed E-state index contributed by atoms with van der Waals surface area (Å²) in [7, 11) is -2.53. The Hall–Kier alpha value is -0.416. The van der Waals surface area contributed by atoms with Crippen LogP contribution >= 0.6 is 0 Å². The maximum absolute atomic E-state index is 11.7. The van der Waals surface area contributed by atoms with Crippen LogP contribution in [0.25, 0.3) is 0 Å². The van der Waals surface area contributed by atoms with Crippen molar-refractivity contribution in [1.82, 2.24) is 0 Å². The third-order valence-corrected chi connectivity index (χ3v) is 6.48. The fourth-order valence-corrected chi connectivity index (χ4v) is 6.68. The van der Waals surface area contributed by atoms with E-state index in [1.165, 1.54) is 5.20 Å². The van der Waals surface area contributed by atoms with E-state index in [-0.39, 0.29) is 0 Å². The monoisotopic (exact) mass is 266 g/mol. The molecule has 0 unspecified atom stereocenters. The van der Waals surface area contributed by atoms with Gasteiger partial charge in [0.1, 0.15) is 0 Å². The van der Waals surface area contributed by atoms with Gasteiger partial charge in [-0.2, -0.15) is 0 Å². The second-order valence-electron chi connectivity index (χ2n) is 7.16. The predicted octanol–water partition coefficient (Wildman–Crippen LogP) is 4.35. The van der Waals surface area contributed by atoms with E-state index in [1.54, 1.807) is 0 Å². The molecule has 1 rings (SSSR count). The number of rotatable bonds is 3. The zero-order valence-corrected chi connectivity index (χ0v) is 14.2. The molecule has 0 aromatic rings. The van der Waals surface area contributed by atoms with Crippen LogP contribution < -0.4 is 0 Å². The molecule has 0 heterocycles. The standard InChI is InChI=1S/C14H26OSi2/c1-16(2,3)11-13(17(4,5)6)10-12-8-7-9-14(12)15/h10-11H,7-9H2,1-6H3/b12-10+,13-11-. The number of carbonyl (C=O) groups excluding carboxylic acids is 1. The van der Waals surface area contributed by atoms with Crippen LogP contribution in [-0.4, -0.2) is 21.9 Å². The van der Waals surface area contributed by atoms with E-state index in [1.807, 2.05) is 0 Å². The Kier molecular flexibility index (Phi) is 4.36. The zero-order chi connectivity index (χ0) is 13.3. The topological polar surface area (TPSA) is 17.1 Å². The number of ketones is 1. The van der Waals surface area contributed by atoms with Crippen LogP contribution in [-0.2, 0) is 4.79 Å². The highest BCUT2D eigenvalue weighted by Gasteiger charge is 2.24. The SMILES string of the molecule is C[Si](C)(C)/C=C(/C=C1\CCCC1=O)[Si](C)(C)C. The molecular formula is C14H26OSi2. The van der Waals surface area contributed by atoms with Crippen molar-refractivity contribution in [2.24, 2.45) is 0 Å². The first-order valence-electron chi connectivity index (χ1n) is 6.57. The van der Waals surface area contributed by atoms with Gasteiger partial charge >= 0.3 is 0 Å². The quantitative estimate of drug-likeness (QED) is 0.548. The van der Waals surface area contributed by atoms with Crippen molar-refractivity contribution in [2.45, 2.75) is 58.5 Å². The van der Waals surface area contributed by atoms with E-state index in [4.69, 9.17) is 0 Å².